The summed E-state index contributed by atoms with van der Waals surface area (Å²) in [6.45, 7) is 11.7. The van der Waals surface area contributed by atoms with Crippen LogP contribution in [-0.4, -0.2) is 40.8 Å². The third-order valence-electron chi connectivity index (χ3n) is 4.98. The smallest absolute Gasteiger partial charge is 0.199 e. The molecule has 1 aromatic heterocycles. The number of anilines is 2. The van der Waals surface area contributed by atoms with Crippen molar-refractivity contribution in [3.05, 3.63) is 47.1 Å². The molecule has 0 bridgehead atoms. The molecule has 0 aliphatic carbocycles. The predicted molar refractivity (Wildman–Crippen MR) is 114 cm³/mol. The largest absolute Gasteiger partial charge is 0.508 e. The van der Waals surface area contributed by atoms with Crippen molar-refractivity contribution in [2.24, 2.45) is 0 Å². The molecule has 0 saturated carbocycles. The van der Waals surface area contributed by atoms with Gasteiger partial charge in [-0.3, -0.25) is 4.79 Å². The summed E-state index contributed by atoms with van der Waals surface area (Å²) in [5.74, 6) is 0.0505. The molecule has 0 atom stereocenters. The molecule has 0 aliphatic rings. The van der Waals surface area contributed by atoms with E-state index >= 15 is 0 Å². The van der Waals surface area contributed by atoms with Crippen molar-refractivity contribution in [2.45, 2.75) is 13.8 Å². The second-order valence-electron chi connectivity index (χ2n) is 6.46. The molecule has 3 aromatic rings. The first-order valence-electron chi connectivity index (χ1n) is 9.20. The van der Waals surface area contributed by atoms with Gasteiger partial charge >= 0.3 is 0 Å². The number of hydrogen-bond acceptors (Lipinski definition) is 5. The molecule has 3 rings (SSSR count). The van der Waals surface area contributed by atoms with E-state index in [-0.39, 0.29) is 11.2 Å². The highest BCUT2D eigenvalue weighted by atomic mass is 16.3. The Kier molecular flexibility index (Phi) is 5.37. The summed E-state index contributed by atoms with van der Waals surface area (Å²) in [6.07, 6.45) is 1.64. The zero-order valence-corrected chi connectivity index (χ0v) is 15.8. The number of nitrogen functional groups attached to an aromatic ring is 1. The average Bonchev–Trinajstić information content (AvgIpc) is 2.67. The van der Waals surface area contributed by atoms with Crippen LogP contribution < -0.4 is 16.5 Å². The van der Waals surface area contributed by atoms with Crippen molar-refractivity contribution in [2.75, 3.05) is 37.2 Å². The number of nitrogens with one attached hydrogen (secondary N) is 1. The van der Waals surface area contributed by atoms with Gasteiger partial charge in [-0.05, 0) is 43.4 Å². The van der Waals surface area contributed by atoms with Crippen LogP contribution in [-0.2, 0) is 0 Å². The number of pyridine rings is 1. The number of fused-ring (bicyclic) bond motifs is 2. The zero-order chi connectivity index (χ0) is 19.6. The van der Waals surface area contributed by atoms with E-state index in [4.69, 9.17) is 5.73 Å². The molecule has 27 heavy (non-hydrogen) atoms. The van der Waals surface area contributed by atoms with Crippen LogP contribution in [0.4, 0.5) is 11.4 Å². The third kappa shape index (κ3) is 3.36. The molecule has 2 aromatic carbocycles. The van der Waals surface area contributed by atoms with Gasteiger partial charge < -0.3 is 25.6 Å². The Morgan fingerprint density at radius 1 is 1.26 bits per heavy atom. The van der Waals surface area contributed by atoms with Gasteiger partial charge in [0.05, 0.1) is 27.5 Å². The Morgan fingerprint density at radius 3 is 2.67 bits per heavy atom. The summed E-state index contributed by atoms with van der Waals surface area (Å²) in [5, 5.41) is 14.2. The fourth-order valence-electron chi connectivity index (χ4n) is 3.49. The Labute approximate surface area is 158 Å². The minimum absolute atomic E-state index is 0.0505. The van der Waals surface area contributed by atoms with E-state index in [9.17, 15) is 9.90 Å². The topological polar surface area (TPSA) is 83.5 Å². The molecule has 0 amide bonds. The summed E-state index contributed by atoms with van der Waals surface area (Å²) >= 11 is 0. The standard InChI is InChI=1S/C21H26N4O2/c1-4-24(5-2)12-11-23-17-9-8-16(22)20-19(17)21(27)15-13-14(26)7-10-18(15)25(20)6-3/h6-10,13,23,26H,3-5,11-12,22H2,1-2H3. The Bertz CT molecular complexity index is 1050. The van der Waals surface area contributed by atoms with Gasteiger partial charge in [-0.15, -0.1) is 0 Å². The molecular formula is C21H26N4O2. The van der Waals surface area contributed by atoms with Gasteiger partial charge in [0, 0.05) is 25.0 Å². The maximum atomic E-state index is 13.2. The lowest BCUT2D eigenvalue weighted by atomic mass is 10.1. The van der Waals surface area contributed by atoms with Crippen molar-refractivity contribution in [1.29, 1.82) is 0 Å². The third-order valence-corrected chi connectivity index (χ3v) is 4.98. The second-order valence-corrected chi connectivity index (χ2v) is 6.46. The Hall–Kier alpha value is -2.99. The number of nitrogens with zero attached hydrogens (tertiary/aromatic N) is 2. The average molecular weight is 366 g/mol. The fraction of sp³-hybridized carbons (Fsp3) is 0.286. The second kappa shape index (κ2) is 7.72. The van der Waals surface area contributed by atoms with E-state index in [1.54, 1.807) is 29.0 Å². The van der Waals surface area contributed by atoms with Crippen LogP contribution in [0.5, 0.6) is 5.75 Å². The summed E-state index contributed by atoms with van der Waals surface area (Å²) < 4.78 is 1.80. The maximum absolute atomic E-state index is 13.2. The molecule has 0 fully saturated rings. The summed E-state index contributed by atoms with van der Waals surface area (Å²) in [4.78, 5) is 15.5. The van der Waals surface area contributed by atoms with Gasteiger partial charge in [0.25, 0.3) is 0 Å². The van der Waals surface area contributed by atoms with E-state index in [1.165, 1.54) is 6.07 Å². The van der Waals surface area contributed by atoms with Gasteiger partial charge in [-0.2, -0.15) is 0 Å². The van der Waals surface area contributed by atoms with Crippen LogP contribution in [0.25, 0.3) is 28.0 Å². The Morgan fingerprint density at radius 2 is 2.00 bits per heavy atom. The lowest BCUT2D eigenvalue weighted by molar-refractivity contribution is 0.316. The highest BCUT2D eigenvalue weighted by Gasteiger charge is 2.16. The number of aromatic hydroxyl groups is 1. The number of phenolic OH excluding ortho intramolecular Hbond substituents is 1. The molecule has 6 nitrogen and oxygen atoms in total. The van der Waals surface area contributed by atoms with Crippen molar-refractivity contribution in [3.63, 3.8) is 0 Å². The minimum Gasteiger partial charge on any atom is -0.508 e. The number of nitrogens with two attached hydrogens (primary N) is 1. The van der Waals surface area contributed by atoms with Gasteiger partial charge in [-0.1, -0.05) is 20.4 Å². The molecule has 4 N–H and O–H groups in total. The molecule has 0 radical (unpaired) electrons. The number of benzene rings is 2. The highest BCUT2D eigenvalue weighted by Crippen LogP contribution is 2.30. The van der Waals surface area contributed by atoms with Crippen molar-refractivity contribution < 1.29 is 5.11 Å². The Balaban J connectivity index is 2.20. The lowest BCUT2D eigenvalue weighted by Gasteiger charge is -2.20. The number of likely N-dealkylation sites (N-methyl/N-ethyl adjacent to an activating group) is 1. The summed E-state index contributed by atoms with van der Waals surface area (Å²) in [5.41, 5.74) is 8.58. The first-order chi connectivity index (χ1) is 13.0. The van der Waals surface area contributed by atoms with E-state index in [0.29, 0.717) is 34.0 Å². The predicted octanol–water partition coefficient (Wildman–Crippen LogP) is 3.30. The molecule has 0 spiro atoms. The number of rotatable bonds is 7. The molecule has 142 valence electrons. The highest BCUT2D eigenvalue weighted by molar-refractivity contribution is 6.06. The molecule has 0 unspecified atom stereocenters. The van der Waals surface area contributed by atoms with Crippen molar-refractivity contribution in [1.82, 2.24) is 9.47 Å². The van der Waals surface area contributed by atoms with E-state index in [0.717, 1.165) is 25.3 Å². The quantitative estimate of drug-likeness (QED) is 0.441. The van der Waals surface area contributed by atoms with Crippen LogP contribution in [0.2, 0.25) is 0 Å². The van der Waals surface area contributed by atoms with Crippen LogP contribution in [0.1, 0.15) is 13.8 Å². The van der Waals surface area contributed by atoms with E-state index in [2.05, 4.69) is 30.6 Å². The zero-order valence-electron chi connectivity index (χ0n) is 15.8. The van der Waals surface area contributed by atoms with Gasteiger partial charge in [0.15, 0.2) is 5.43 Å². The van der Waals surface area contributed by atoms with Gasteiger partial charge in [0.2, 0.25) is 0 Å². The SMILES string of the molecule is C=Cn1c2ccc(O)cc2c(=O)c2c(NCCN(CC)CC)ccc(N)c21. The van der Waals surface area contributed by atoms with E-state index < -0.39 is 0 Å². The normalized spacial score (nSPS) is 11.4. The summed E-state index contributed by atoms with van der Waals surface area (Å²) in [7, 11) is 0. The summed E-state index contributed by atoms with van der Waals surface area (Å²) in [6, 6.07) is 8.38. The van der Waals surface area contributed by atoms with Gasteiger partial charge in [-0.25, -0.2) is 0 Å². The van der Waals surface area contributed by atoms with E-state index in [1.807, 2.05) is 6.07 Å². The molecule has 6 heteroatoms. The molecule has 1 heterocycles. The monoisotopic (exact) mass is 366 g/mol. The van der Waals surface area contributed by atoms with Crippen LogP contribution >= 0.6 is 0 Å². The number of phenols is 1. The molecule has 0 aliphatic heterocycles. The van der Waals surface area contributed by atoms with Crippen molar-refractivity contribution in [3.8, 4) is 5.75 Å². The van der Waals surface area contributed by atoms with Crippen LogP contribution in [0.15, 0.2) is 41.7 Å². The number of hydrogen-bond donors (Lipinski definition) is 3. The van der Waals surface area contributed by atoms with Gasteiger partial charge in [0.1, 0.15) is 5.75 Å². The minimum atomic E-state index is -0.161. The van der Waals surface area contributed by atoms with Crippen LogP contribution in [0, 0.1) is 0 Å². The lowest BCUT2D eigenvalue weighted by Crippen LogP contribution is -2.28. The van der Waals surface area contributed by atoms with Crippen molar-refractivity contribution >= 4 is 39.4 Å². The number of aromatic nitrogens is 1. The first kappa shape index (κ1) is 18.8. The first-order valence-corrected chi connectivity index (χ1v) is 9.20. The maximum Gasteiger partial charge on any atom is 0.199 e. The van der Waals surface area contributed by atoms with Crippen LogP contribution in [0.3, 0.4) is 0 Å². The fourth-order valence-corrected chi connectivity index (χ4v) is 3.49. The molecule has 0 saturated heterocycles. The molecular weight excluding hydrogens is 340 g/mol.